The SMILES string of the molecule is COc1ccc(-c2cc3c(S(=O)(=O)c4ccc(C)cc4)c(C)[nH]c(=O)c3c(=O)o2)cc1. The Morgan fingerprint density at radius 1 is 0.935 bits per heavy atom. The Morgan fingerprint density at radius 3 is 2.19 bits per heavy atom. The molecule has 8 heteroatoms. The number of H-pyrrole nitrogens is 1. The van der Waals surface area contributed by atoms with Crippen LogP contribution in [0.1, 0.15) is 11.3 Å². The summed E-state index contributed by atoms with van der Waals surface area (Å²) in [6, 6.07) is 14.5. The highest BCUT2D eigenvalue weighted by Crippen LogP contribution is 2.31. The third-order valence-electron chi connectivity index (χ3n) is 5.04. The van der Waals surface area contributed by atoms with E-state index in [2.05, 4.69) is 4.98 Å². The molecule has 0 bridgehead atoms. The highest BCUT2D eigenvalue weighted by atomic mass is 32.2. The fourth-order valence-corrected chi connectivity index (χ4v) is 5.09. The molecule has 0 aliphatic carbocycles. The lowest BCUT2D eigenvalue weighted by Gasteiger charge is -2.12. The zero-order valence-electron chi connectivity index (χ0n) is 17.1. The van der Waals surface area contributed by atoms with Gasteiger partial charge in [-0.15, -0.1) is 0 Å². The van der Waals surface area contributed by atoms with Crippen molar-refractivity contribution in [3.8, 4) is 17.1 Å². The van der Waals surface area contributed by atoms with Crippen molar-refractivity contribution in [3.05, 3.63) is 86.6 Å². The van der Waals surface area contributed by atoms with Crippen molar-refractivity contribution >= 4 is 20.6 Å². The zero-order chi connectivity index (χ0) is 22.3. The van der Waals surface area contributed by atoms with Gasteiger partial charge in [-0.3, -0.25) is 4.79 Å². The van der Waals surface area contributed by atoms with E-state index < -0.39 is 21.0 Å². The molecule has 7 nitrogen and oxygen atoms in total. The fourth-order valence-electron chi connectivity index (χ4n) is 3.46. The van der Waals surface area contributed by atoms with E-state index in [0.717, 1.165) is 5.56 Å². The summed E-state index contributed by atoms with van der Waals surface area (Å²) < 4.78 is 37.4. The first-order valence-electron chi connectivity index (χ1n) is 9.39. The first-order valence-corrected chi connectivity index (χ1v) is 10.9. The van der Waals surface area contributed by atoms with E-state index in [-0.39, 0.29) is 32.0 Å². The predicted octanol–water partition coefficient (Wildman–Crippen LogP) is 3.61. The van der Waals surface area contributed by atoms with Crippen molar-refractivity contribution in [1.82, 2.24) is 4.98 Å². The molecule has 0 fully saturated rings. The van der Waals surface area contributed by atoms with E-state index in [1.807, 2.05) is 6.92 Å². The Hall–Kier alpha value is -3.65. The summed E-state index contributed by atoms with van der Waals surface area (Å²) in [7, 11) is -2.50. The highest BCUT2D eigenvalue weighted by molar-refractivity contribution is 7.91. The number of rotatable bonds is 4. The molecule has 0 unspecified atom stereocenters. The number of benzene rings is 2. The molecule has 0 aliphatic rings. The van der Waals surface area contributed by atoms with Crippen LogP contribution in [0.25, 0.3) is 22.1 Å². The van der Waals surface area contributed by atoms with Crippen molar-refractivity contribution in [2.45, 2.75) is 23.6 Å². The lowest BCUT2D eigenvalue weighted by molar-refractivity contribution is 0.415. The van der Waals surface area contributed by atoms with Gasteiger partial charge < -0.3 is 14.1 Å². The standard InChI is InChI=1S/C23H19NO6S/c1-13-4-10-17(11-5-13)31(27,28)21-14(2)24-22(25)20-18(21)12-19(30-23(20)26)15-6-8-16(29-3)9-7-15/h4-12H,1-3H3,(H,24,25). The lowest BCUT2D eigenvalue weighted by Crippen LogP contribution is -2.20. The van der Waals surface area contributed by atoms with Crippen LogP contribution >= 0.6 is 0 Å². The van der Waals surface area contributed by atoms with E-state index in [1.165, 1.54) is 32.2 Å². The van der Waals surface area contributed by atoms with Gasteiger partial charge in [0.05, 0.1) is 16.9 Å². The first kappa shape index (κ1) is 20.6. The minimum Gasteiger partial charge on any atom is -0.497 e. The largest absolute Gasteiger partial charge is 0.497 e. The van der Waals surface area contributed by atoms with Gasteiger partial charge in [0.25, 0.3) is 5.56 Å². The smallest absolute Gasteiger partial charge is 0.349 e. The molecular formula is C23H19NO6S. The van der Waals surface area contributed by atoms with Crippen LogP contribution in [-0.4, -0.2) is 20.5 Å². The van der Waals surface area contributed by atoms with E-state index in [9.17, 15) is 18.0 Å². The summed E-state index contributed by atoms with van der Waals surface area (Å²) in [5.74, 6) is 0.757. The fraction of sp³-hybridized carbons (Fsp3) is 0.130. The predicted molar refractivity (Wildman–Crippen MR) is 116 cm³/mol. The third kappa shape index (κ3) is 3.55. The summed E-state index contributed by atoms with van der Waals surface area (Å²) in [6.07, 6.45) is 0. The topological polar surface area (TPSA) is 106 Å². The number of fused-ring (bicyclic) bond motifs is 1. The Labute approximate surface area is 177 Å². The Morgan fingerprint density at radius 2 is 1.58 bits per heavy atom. The quantitative estimate of drug-likeness (QED) is 0.523. The molecule has 4 aromatic rings. The molecule has 158 valence electrons. The monoisotopic (exact) mass is 437 g/mol. The number of methoxy groups -OCH3 is 1. The minimum atomic E-state index is -4.03. The summed E-state index contributed by atoms with van der Waals surface area (Å²) in [5.41, 5.74) is -0.0273. The first-order chi connectivity index (χ1) is 14.7. The van der Waals surface area contributed by atoms with Crippen LogP contribution in [0.4, 0.5) is 0 Å². The number of sulfone groups is 1. The molecule has 2 heterocycles. The molecular weight excluding hydrogens is 418 g/mol. The second-order valence-electron chi connectivity index (χ2n) is 7.14. The maximum Gasteiger partial charge on any atom is 0.349 e. The van der Waals surface area contributed by atoms with Gasteiger partial charge in [-0.05, 0) is 56.3 Å². The number of nitrogens with one attached hydrogen (secondary N) is 1. The number of pyridine rings is 1. The Kier molecular flexibility index (Phi) is 5.02. The number of hydrogen-bond acceptors (Lipinski definition) is 6. The Balaban J connectivity index is 2.05. The van der Waals surface area contributed by atoms with Crippen molar-refractivity contribution in [2.24, 2.45) is 0 Å². The molecule has 4 rings (SSSR count). The van der Waals surface area contributed by atoms with Gasteiger partial charge in [-0.1, -0.05) is 17.7 Å². The molecule has 0 saturated heterocycles. The van der Waals surface area contributed by atoms with Crippen LogP contribution < -0.4 is 15.9 Å². The van der Waals surface area contributed by atoms with Gasteiger partial charge >= 0.3 is 5.63 Å². The summed E-state index contributed by atoms with van der Waals surface area (Å²) >= 11 is 0. The van der Waals surface area contributed by atoms with Crippen LogP contribution in [0, 0.1) is 13.8 Å². The lowest BCUT2D eigenvalue weighted by atomic mass is 10.1. The van der Waals surface area contributed by atoms with E-state index in [1.54, 1.807) is 36.4 Å². The highest BCUT2D eigenvalue weighted by Gasteiger charge is 2.26. The molecule has 31 heavy (non-hydrogen) atoms. The van der Waals surface area contributed by atoms with Gasteiger partial charge in [0, 0.05) is 16.6 Å². The zero-order valence-corrected chi connectivity index (χ0v) is 17.9. The van der Waals surface area contributed by atoms with Crippen LogP contribution in [0.5, 0.6) is 5.75 Å². The van der Waals surface area contributed by atoms with Crippen molar-refractivity contribution in [3.63, 3.8) is 0 Å². The van der Waals surface area contributed by atoms with Crippen molar-refractivity contribution < 1.29 is 17.6 Å². The number of ether oxygens (including phenoxy) is 1. The van der Waals surface area contributed by atoms with E-state index in [0.29, 0.717) is 11.3 Å². The average molecular weight is 437 g/mol. The van der Waals surface area contributed by atoms with Gasteiger partial charge in [-0.2, -0.15) is 0 Å². The average Bonchev–Trinajstić information content (AvgIpc) is 2.73. The number of aryl methyl sites for hydroxylation is 2. The third-order valence-corrected chi connectivity index (χ3v) is 7.00. The van der Waals surface area contributed by atoms with Gasteiger partial charge in [0.15, 0.2) is 0 Å². The van der Waals surface area contributed by atoms with Crippen LogP contribution in [0.2, 0.25) is 0 Å². The second kappa shape index (κ2) is 7.55. The van der Waals surface area contributed by atoms with Crippen molar-refractivity contribution in [2.75, 3.05) is 7.11 Å². The number of hydrogen-bond donors (Lipinski definition) is 1. The second-order valence-corrected chi connectivity index (χ2v) is 9.03. The van der Waals surface area contributed by atoms with Crippen LogP contribution in [0.15, 0.2) is 78.4 Å². The molecule has 0 spiro atoms. The molecule has 2 aromatic carbocycles. The number of aromatic amines is 1. The number of aromatic nitrogens is 1. The molecule has 0 radical (unpaired) electrons. The van der Waals surface area contributed by atoms with E-state index >= 15 is 0 Å². The summed E-state index contributed by atoms with van der Waals surface area (Å²) in [4.78, 5) is 27.6. The molecule has 0 atom stereocenters. The Bertz CT molecular complexity index is 1510. The van der Waals surface area contributed by atoms with Gasteiger partial charge in [0.2, 0.25) is 9.84 Å². The maximum atomic E-state index is 13.5. The van der Waals surface area contributed by atoms with Crippen molar-refractivity contribution in [1.29, 1.82) is 0 Å². The molecule has 1 N–H and O–H groups in total. The maximum absolute atomic E-state index is 13.5. The van der Waals surface area contributed by atoms with E-state index in [4.69, 9.17) is 9.15 Å². The molecule has 2 aromatic heterocycles. The van der Waals surface area contributed by atoms with Crippen LogP contribution in [-0.2, 0) is 9.84 Å². The molecule has 0 aliphatic heterocycles. The minimum absolute atomic E-state index is 0.0175. The van der Waals surface area contributed by atoms with Crippen LogP contribution in [0.3, 0.4) is 0 Å². The molecule has 0 saturated carbocycles. The normalized spacial score (nSPS) is 11.6. The summed E-state index contributed by atoms with van der Waals surface area (Å²) in [6.45, 7) is 3.34. The molecule has 0 amide bonds. The van der Waals surface area contributed by atoms with Gasteiger partial charge in [-0.25, -0.2) is 13.2 Å². The summed E-state index contributed by atoms with van der Waals surface area (Å²) in [5, 5.41) is -0.322. The van der Waals surface area contributed by atoms with Gasteiger partial charge in [0.1, 0.15) is 16.9 Å².